The molecule has 0 saturated carbocycles. The maximum atomic E-state index is 10.7. The Balaban J connectivity index is 1.72. The zero-order chi connectivity index (χ0) is 14.1. The molecule has 2 aromatic heterocycles. The van der Waals surface area contributed by atoms with Crippen molar-refractivity contribution in [3.63, 3.8) is 0 Å². The third-order valence-corrected chi connectivity index (χ3v) is 3.20. The lowest BCUT2D eigenvalue weighted by Gasteiger charge is -2.40. The number of carboxylic acid groups (broad SMARTS) is 1. The molecule has 0 aromatic carbocycles. The summed E-state index contributed by atoms with van der Waals surface area (Å²) in [6.45, 7) is 1.28. The fourth-order valence-electron chi connectivity index (χ4n) is 2.11. The topological polar surface area (TPSA) is 108 Å². The maximum Gasteiger partial charge on any atom is 0.358 e. The van der Waals surface area contributed by atoms with Crippen LogP contribution in [0.3, 0.4) is 0 Å². The predicted octanol–water partition coefficient (Wildman–Crippen LogP) is 0.304. The van der Waals surface area contributed by atoms with E-state index >= 15 is 0 Å². The second-order valence-electron chi connectivity index (χ2n) is 4.43. The third kappa shape index (κ3) is 1.95. The van der Waals surface area contributed by atoms with E-state index in [-0.39, 0.29) is 11.7 Å². The minimum Gasteiger partial charge on any atom is -0.476 e. The van der Waals surface area contributed by atoms with Crippen molar-refractivity contribution >= 4 is 11.7 Å². The highest BCUT2D eigenvalue weighted by Gasteiger charge is 2.31. The molecule has 0 atom stereocenters. The van der Waals surface area contributed by atoms with Crippen LogP contribution in [0.1, 0.15) is 22.2 Å². The summed E-state index contributed by atoms with van der Waals surface area (Å²) in [7, 11) is 0. The van der Waals surface area contributed by atoms with Gasteiger partial charge in [-0.25, -0.2) is 14.5 Å². The number of nitriles is 1. The quantitative estimate of drug-likeness (QED) is 0.854. The standard InChI is InChI=1S/C12H10N6O2/c13-4-9-11(2-1-3-14-9)17-5-8(6-17)18-7-10(12(19)20)15-16-18/h1-3,7-8H,5-6H2,(H,19,20). The lowest BCUT2D eigenvalue weighted by Crippen LogP contribution is -2.48. The molecule has 100 valence electrons. The van der Waals surface area contributed by atoms with Gasteiger partial charge in [0.05, 0.1) is 17.9 Å². The summed E-state index contributed by atoms with van der Waals surface area (Å²) in [5.74, 6) is -1.09. The van der Waals surface area contributed by atoms with Gasteiger partial charge in [0.25, 0.3) is 0 Å². The van der Waals surface area contributed by atoms with Crippen LogP contribution in [0.15, 0.2) is 24.5 Å². The van der Waals surface area contributed by atoms with Crippen molar-refractivity contribution in [2.75, 3.05) is 18.0 Å². The molecular formula is C12H10N6O2. The van der Waals surface area contributed by atoms with E-state index in [2.05, 4.69) is 21.4 Å². The number of anilines is 1. The van der Waals surface area contributed by atoms with Gasteiger partial charge < -0.3 is 10.0 Å². The average molecular weight is 270 g/mol. The van der Waals surface area contributed by atoms with Crippen molar-refractivity contribution in [1.29, 1.82) is 5.26 Å². The average Bonchev–Trinajstić information content (AvgIpc) is 2.87. The Hall–Kier alpha value is -2.95. The first kappa shape index (κ1) is 12.1. The number of carboxylic acids is 1. The molecule has 3 rings (SSSR count). The number of hydrogen-bond donors (Lipinski definition) is 1. The van der Waals surface area contributed by atoms with E-state index in [1.165, 1.54) is 6.20 Å². The molecule has 0 amide bonds. The van der Waals surface area contributed by atoms with Crippen molar-refractivity contribution in [1.82, 2.24) is 20.0 Å². The molecule has 2 aromatic rings. The number of aromatic carboxylic acids is 1. The Kier molecular flexibility index (Phi) is 2.80. The van der Waals surface area contributed by atoms with Crippen molar-refractivity contribution in [3.8, 4) is 6.07 Å². The Morgan fingerprint density at radius 2 is 2.30 bits per heavy atom. The number of hydrogen-bond acceptors (Lipinski definition) is 6. The van der Waals surface area contributed by atoms with E-state index in [0.717, 1.165) is 5.69 Å². The second-order valence-corrected chi connectivity index (χ2v) is 4.43. The van der Waals surface area contributed by atoms with Gasteiger partial charge in [0.15, 0.2) is 11.4 Å². The molecule has 1 aliphatic rings. The minimum atomic E-state index is -1.09. The van der Waals surface area contributed by atoms with Crippen LogP contribution in [0.2, 0.25) is 0 Å². The Labute approximate surface area is 113 Å². The van der Waals surface area contributed by atoms with E-state index in [4.69, 9.17) is 10.4 Å². The lowest BCUT2D eigenvalue weighted by molar-refractivity contribution is 0.0690. The Bertz CT molecular complexity index is 698. The van der Waals surface area contributed by atoms with Crippen LogP contribution in [-0.2, 0) is 0 Å². The van der Waals surface area contributed by atoms with Crippen LogP contribution in [0, 0.1) is 11.3 Å². The van der Waals surface area contributed by atoms with Gasteiger partial charge in [0.2, 0.25) is 0 Å². The van der Waals surface area contributed by atoms with Crippen molar-refractivity contribution in [3.05, 3.63) is 35.9 Å². The highest BCUT2D eigenvalue weighted by atomic mass is 16.4. The summed E-state index contributed by atoms with van der Waals surface area (Å²) in [5, 5.41) is 25.2. The zero-order valence-electron chi connectivity index (χ0n) is 10.3. The number of nitrogens with zero attached hydrogens (tertiary/aromatic N) is 6. The number of pyridine rings is 1. The van der Waals surface area contributed by atoms with Gasteiger partial charge in [0, 0.05) is 19.3 Å². The molecule has 0 spiro atoms. The SMILES string of the molecule is N#Cc1ncccc1N1CC(n2cc(C(=O)O)nn2)C1. The summed E-state index contributed by atoms with van der Waals surface area (Å²) in [4.78, 5) is 16.8. The number of aromatic nitrogens is 4. The molecule has 0 unspecified atom stereocenters. The minimum absolute atomic E-state index is 0.0577. The highest BCUT2D eigenvalue weighted by Crippen LogP contribution is 2.28. The first-order valence-electron chi connectivity index (χ1n) is 5.94. The molecule has 0 radical (unpaired) electrons. The molecule has 3 heterocycles. The van der Waals surface area contributed by atoms with Crippen molar-refractivity contribution in [2.45, 2.75) is 6.04 Å². The van der Waals surface area contributed by atoms with Gasteiger partial charge in [-0.1, -0.05) is 5.21 Å². The van der Waals surface area contributed by atoms with Gasteiger partial charge in [-0.3, -0.25) is 0 Å². The first-order chi connectivity index (χ1) is 9.69. The molecule has 0 aliphatic carbocycles. The highest BCUT2D eigenvalue weighted by molar-refractivity contribution is 5.84. The molecule has 1 saturated heterocycles. The fourth-order valence-corrected chi connectivity index (χ4v) is 2.11. The predicted molar refractivity (Wildman–Crippen MR) is 67.2 cm³/mol. The molecule has 20 heavy (non-hydrogen) atoms. The van der Waals surface area contributed by atoms with Gasteiger partial charge in [-0.2, -0.15) is 5.26 Å². The van der Waals surface area contributed by atoms with E-state index in [1.807, 2.05) is 11.0 Å². The lowest BCUT2D eigenvalue weighted by atomic mass is 10.1. The molecule has 1 aliphatic heterocycles. The maximum absolute atomic E-state index is 10.7. The second kappa shape index (κ2) is 4.62. The van der Waals surface area contributed by atoms with Gasteiger partial charge in [0.1, 0.15) is 6.07 Å². The van der Waals surface area contributed by atoms with Crippen molar-refractivity contribution in [2.24, 2.45) is 0 Å². The van der Waals surface area contributed by atoms with E-state index in [1.54, 1.807) is 16.9 Å². The number of rotatable bonds is 3. The Morgan fingerprint density at radius 3 is 2.95 bits per heavy atom. The molecule has 8 nitrogen and oxygen atoms in total. The third-order valence-electron chi connectivity index (χ3n) is 3.20. The van der Waals surface area contributed by atoms with Crippen LogP contribution in [0.4, 0.5) is 5.69 Å². The monoisotopic (exact) mass is 270 g/mol. The molecule has 1 N–H and O–H groups in total. The zero-order valence-corrected chi connectivity index (χ0v) is 10.3. The summed E-state index contributed by atoms with van der Waals surface area (Å²) in [6, 6.07) is 5.73. The summed E-state index contributed by atoms with van der Waals surface area (Å²) < 4.78 is 1.54. The summed E-state index contributed by atoms with van der Waals surface area (Å²) in [5.41, 5.74) is 1.10. The van der Waals surface area contributed by atoms with E-state index in [0.29, 0.717) is 18.8 Å². The van der Waals surface area contributed by atoms with Gasteiger partial charge >= 0.3 is 5.97 Å². The van der Waals surface area contributed by atoms with Crippen LogP contribution in [0.25, 0.3) is 0 Å². The van der Waals surface area contributed by atoms with Gasteiger partial charge in [-0.15, -0.1) is 5.10 Å². The first-order valence-corrected chi connectivity index (χ1v) is 5.94. The van der Waals surface area contributed by atoms with Crippen LogP contribution in [-0.4, -0.2) is 44.1 Å². The van der Waals surface area contributed by atoms with E-state index < -0.39 is 5.97 Å². The molecule has 1 fully saturated rings. The van der Waals surface area contributed by atoms with Crippen LogP contribution in [0.5, 0.6) is 0 Å². The van der Waals surface area contributed by atoms with Crippen LogP contribution >= 0.6 is 0 Å². The van der Waals surface area contributed by atoms with Gasteiger partial charge in [-0.05, 0) is 12.1 Å². The van der Waals surface area contributed by atoms with E-state index in [9.17, 15) is 4.79 Å². The molecular weight excluding hydrogens is 260 g/mol. The molecule has 0 bridgehead atoms. The van der Waals surface area contributed by atoms with Crippen LogP contribution < -0.4 is 4.90 Å². The number of carbonyl (C=O) groups is 1. The smallest absolute Gasteiger partial charge is 0.358 e. The van der Waals surface area contributed by atoms with Crippen molar-refractivity contribution < 1.29 is 9.90 Å². The Morgan fingerprint density at radius 1 is 1.50 bits per heavy atom. The molecule has 8 heteroatoms. The summed E-state index contributed by atoms with van der Waals surface area (Å²) >= 11 is 0. The fraction of sp³-hybridized carbons (Fsp3) is 0.250. The normalized spacial score (nSPS) is 14.7. The summed E-state index contributed by atoms with van der Waals surface area (Å²) in [6.07, 6.45) is 2.99. The largest absolute Gasteiger partial charge is 0.476 e.